The summed E-state index contributed by atoms with van der Waals surface area (Å²) in [6, 6.07) is 0. The Hall–Kier alpha value is -0.970. The molecular weight excluding hydrogens is 114 g/mol. The SMILES string of the molecule is N#COC1CC=CCC1. The smallest absolute Gasteiger partial charge is 0.286 e. The quantitative estimate of drug-likeness (QED) is 0.392. The molecule has 0 heterocycles. The summed E-state index contributed by atoms with van der Waals surface area (Å²) < 4.78 is 4.74. The summed E-state index contributed by atoms with van der Waals surface area (Å²) in [7, 11) is 0. The van der Waals surface area contributed by atoms with Crippen LogP contribution in [0.4, 0.5) is 0 Å². The van der Waals surface area contributed by atoms with Crippen LogP contribution in [0.15, 0.2) is 12.2 Å². The molecule has 48 valence electrons. The van der Waals surface area contributed by atoms with Crippen molar-refractivity contribution in [1.82, 2.24) is 0 Å². The zero-order chi connectivity index (χ0) is 6.53. The Kier molecular flexibility index (Phi) is 2.14. The Balaban J connectivity index is 2.28. The van der Waals surface area contributed by atoms with Gasteiger partial charge in [0.25, 0.3) is 6.26 Å². The van der Waals surface area contributed by atoms with Gasteiger partial charge in [-0.1, -0.05) is 12.2 Å². The van der Waals surface area contributed by atoms with E-state index in [0.717, 1.165) is 19.3 Å². The summed E-state index contributed by atoms with van der Waals surface area (Å²) in [5, 5.41) is 8.12. The molecule has 1 rings (SSSR count). The number of nitrogens with zero attached hydrogens (tertiary/aromatic N) is 1. The van der Waals surface area contributed by atoms with Crippen LogP contribution >= 0.6 is 0 Å². The van der Waals surface area contributed by atoms with E-state index in [2.05, 4.69) is 12.2 Å². The van der Waals surface area contributed by atoms with E-state index >= 15 is 0 Å². The van der Waals surface area contributed by atoms with Crippen LogP contribution in [-0.2, 0) is 4.74 Å². The summed E-state index contributed by atoms with van der Waals surface area (Å²) in [5.41, 5.74) is 0. The van der Waals surface area contributed by atoms with E-state index in [9.17, 15) is 0 Å². The summed E-state index contributed by atoms with van der Waals surface area (Å²) in [4.78, 5) is 0. The number of allylic oxidation sites excluding steroid dienone is 1. The van der Waals surface area contributed by atoms with E-state index in [1.165, 1.54) is 0 Å². The minimum atomic E-state index is 0.153. The van der Waals surface area contributed by atoms with E-state index in [1.54, 1.807) is 6.26 Å². The molecule has 2 nitrogen and oxygen atoms in total. The first-order valence-corrected chi connectivity index (χ1v) is 3.13. The molecule has 0 fully saturated rings. The molecule has 0 saturated heterocycles. The van der Waals surface area contributed by atoms with Crippen LogP contribution in [0.3, 0.4) is 0 Å². The molecule has 0 amide bonds. The van der Waals surface area contributed by atoms with Crippen LogP contribution < -0.4 is 0 Å². The van der Waals surface area contributed by atoms with Gasteiger partial charge in [0.05, 0.1) is 0 Å². The molecule has 1 atom stereocenters. The summed E-state index contributed by atoms with van der Waals surface area (Å²) >= 11 is 0. The molecule has 0 aromatic rings. The Morgan fingerprint density at radius 3 is 3.00 bits per heavy atom. The minimum absolute atomic E-state index is 0.153. The predicted octanol–water partition coefficient (Wildman–Crippen LogP) is 1.59. The molecule has 1 aliphatic rings. The Morgan fingerprint density at radius 2 is 2.44 bits per heavy atom. The maximum Gasteiger partial charge on any atom is 0.286 e. The lowest BCUT2D eigenvalue weighted by Crippen LogP contribution is -2.10. The van der Waals surface area contributed by atoms with Crippen LogP contribution in [0.2, 0.25) is 0 Å². The third-order valence-corrected chi connectivity index (χ3v) is 1.44. The normalized spacial score (nSPS) is 25.0. The Labute approximate surface area is 54.7 Å². The van der Waals surface area contributed by atoms with Gasteiger partial charge in [0.2, 0.25) is 0 Å². The predicted molar refractivity (Wildman–Crippen MR) is 33.5 cm³/mol. The van der Waals surface area contributed by atoms with Crippen molar-refractivity contribution < 1.29 is 4.74 Å². The molecule has 0 aromatic heterocycles. The first-order valence-electron chi connectivity index (χ1n) is 3.13. The maximum atomic E-state index is 8.12. The van der Waals surface area contributed by atoms with E-state index < -0.39 is 0 Å². The lowest BCUT2D eigenvalue weighted by Gasteiger charge is -2.13. The van der Waals surface area contributed by atoms with Gasteiger partial charge in [-0.15, -0.1) is 0 Å². The van der Waals surface area contributed by atoms with Crippen molar-refractivity contribution in [1.29, 1.82) is 5.26 Å². The van der Waals surface area contributed by atoms with Crippen molar-refractivity contribution in [3.63, 3.8) is 0 Å². The number of hydrogen-bond donors (Lipinski definition) is 0. The number of rotatable bonds is 1. The van der Waals surface area contributed by atoms with E-state index in [-0.39, 0.29) is 6.10 Å². The first kappa shape index (κ1) is 6.15. The molecule has 0 aliphatic heterocycles. The van der Waals surface area contributed by atoms with Crippen LogP contribution in [-0.4, -0.2) is 6.10 Å². The van der Waals surface area contributed by atoms with Gasteiger partial charge in [-0.05, 0) is 12.8 Å². The fourth-order valence-electron chi connectivity index (χ4n) is 0.947. The highest BCUT2D eigenvalue weighted by molar-refractivity contribution is 4.91. The fourth-order valence-corrected chi connectivity index (χ4v) is 0.947. The molecule has 2 heteroatoms. The second-order valence-corrected chi connectivity index (χ2v) is 2.12. The van der Waals surface area contributed by atoms with E-state index in [4.69, 9.17) is 10.00 Å². The lowest BCUT2D eigenvalue weighted by molar-refractivity contribution is 0.151. The van der Waals surface area contributed by atoms with Crippen molar-refractivity contribution in [2.45, 2.75) is 25.4 Å². The number of nitriles is 1. The molecule has 0 aromatic carbocycles. The van der Waals surface area contributed by atoms with E-state index in [0.29, 0.717) is 0 Å². The fraction of sp³-hybridized carbons (Fsp3) is 0.571. The summed E-state index contributed by atoms with van der Waals surface area (Å²) in [5.74, 6) is 0. The molecule has 0 spiro atoms. The molecular formula is C7H9NO. The molecule has 0 N–H and O–H groups in total. The number of hydrogen-bond acceptors (Lipinski definition) is 2. The third kappa shape index (κ3) is 1.77. The van der Waals surface area contributed by atoms with Gasteiger partial charge < -0.3 is 4.74 Å². The van der Waals surface area contributed by atoms with E-state index in [1.807, 2.05) is 0 Å². The monoisotopic (exact) mass is 123 g/mol. The van der Waals surface area contributed by atoms with Gasteiger partial charge >= 0.3 is 0 Å². The zero-order valence-corrected chi connectivity index (χ0v) is 5.21. The minimum Gasteiger partial charge on any atom is -0.424 e. The zero-order valence-electron chi connectivity index (χ0n) is 5.21. The van der Waals surface area contributed by atoms with Crippen LogP contribution in [0.1, 0.15) is 19.3 Å². The number of ether oxygens (including phenoxy) is 1. The molecule has 1 aliphatic carbocycles. The molecule has 1 unspecified atom stereocenters. The van der Waals surface area contributed by atoms with Gasteiger partial charge in [-0.25, -0.2) is 0 Å². The lowest BCUT2D eigenvalue weighted by atomic mass is 10.1. The second-order valence-electron chi connectivity index (χ2n) is 2.12. The van der Waals surface area contributed by atoms with Crippen LogP contribution in [0.5, 0.6) is 0 Å². The van der Waals surface area contributed by atoms with Gasteiger partial charge in [0.1, 0.15) is 6.10 Å². The second kappa shape index (κ2) is 3.13. The van der Waals surface area contributed by atoms with Crippen LogP contribution in [0.25, 0.3) is 0 Å². The van der Waals surface area contributed by atoms with Crippen LogP contribution in [0, 0.1) is 11.5 Å². The van der Waals surface area contributed by atoms with Crippen molar-refractivity contribution in [3.05, 3.63) is 12.2 Å². The molecule has 0 saturated carbocycles. The average molecular weight is 123 g/mol. The third-order valence-electron chi connectivity index (χ3n) is 1.44. The molecule has 0 bridgehead atoms. The Bertz CT molecular complexity index is 145. The summed E-state index contributed by atoms with van der Waals surface area (Å²) in [6.07, 6.45) is 8.97. The van der Waals surface area contributed by atoms with Crippen molar-refractivity contribution in [2.24, 2.45) is 0 Å². The van der Waals surface area contributed by atoms with Crippen molar-refractivity contribution in [3.8, 4) is 6.26 Å². The molecule has 9 heavy (non-hydrogen) atoms. The molecule has 0 radical (unpaired) electrons. The summed E-state index contributed by atoms with van der Waals surface area (Å²) in [6.45, 7) is 0. The highest BCUT2D eigenvalue weighted by Gasteiger charge is 2.08. The van der Waals surface area contributed by atoms with Gasteiger partial charge in [-0.2, -0.15) is 5.26 Å². The average Bonchev–Trinajstić information content (AvgIpc) is 1.91. The van der Waals surface area contributed by atoms with Crippen molar-refractivity contribution >= 4 is 0 Å². The Morgan fingerprint density at radius 1 is 1.56 bits per heavy atom. The van der Waals surface area contributed by atoms with Gasteiger partial charge in [0.15, 0.2) is 0 Å². The van der Waals surface area contributed by atoms with Gasteiger partial charge in [-0.3, -0.25) is 0 Å². The largest absolute Gasteiger partial charge is 0.424 e. The highest BCUT2D eigenvalue weighted by Crippen LogP contribution is 2.12. The van der Waals surface area contributed by atoms with Gasteiger partial charge in [0, 0.05) is 6.42 Å². The topological polar surface area (TPSA) is 33.0 Å². The maximum absolute atomic E-state index is 8.12. The standard InChI is InChI=1S/C7H9NO/c8-6-9-7-4-2-1-3-5-7/h1-2,7H,3-5H2. The van der Waals surface area contributed by atoms with Crippen molar-refractivity contribution in [2.75, 3.05) is 0 Å². The highest BCUT2D eigenvalue weighted by atomic mass is 16.5. The first-order chi connectivity index (χ1) is 4.43.